The molecule has 0 saturated carbocycles. The lowest BCUT2D eigenvalue weighted by molar-refractivity contribution is -0.116. The number of primary amides is 1. The van der Waals surface area contributed by atoms with E-state index in [0.717, 1.165) is 11.1 Å². The molecule has 1 aliphatic rings. The van der Waals surface area contributed by atoms with Gasteiger partial charge in [0.05, 0.1) is 24.6 Å². The van der Waals surface area contributed by atoms with Crippen LogP contribution in [0.4, 0.5) is 0 Å². The van der Waals surface area contributed by atoms with Gasteiger partial charge in [-0.3, -0.25) is 9.59 Å². The van der Waals surface area contributed by atoms with E-state index >= 15 is 0 Å². The second kappa shape index (κ2) is 9.05. The molecule has 0 radical (unpaired) electrons. The summed E-state index contributed by atoms with van der Waals surface area (Å²) in [6, 6.07) is 12.2. The number of carbonyl (C=O) groups is 2. The Morgan fingerprint density at radius 1 is 1.29 bits per heavy atom. The number of nitrogens with two attached hydrogens (primary N) is 1. The third-order valence-corrected chi connectivity index (χ3v) is 4.65. The maximum atomic E-state index is 11.5. The predicted octanol–water partition coefficient (Wildman–Crippen LogP) is 1.93. The minimum atomic E-state index is -0.556. The van der Waals surface area contributed by atoms with Crippen molar-refractivity contribution in [1.29, 1.82) is 0 Å². The lowest BCUT2D eigenvalue weighted by atomic mass is 10.1. The molecule has 144 valence electrons. The summed E-state index contributed by atoms with van der Waals surface area (Å²) >= 11 is 1.30. The van der Waals surface area contributed by atoms with E-state index in [-0.39, 0.29) is 12.5 Å². The van der Waals surface area contributed by atoms with Crippen LogP contribution in [0.1, 0.15) is 21.5 Å². The SMILES string of the molecule is COc1ccc(C=NN=C2NC(=O)CS2)cc1COc1ccccc1C(N)=O. The zero-order valence-corrected chi connectivity index (χ0v) is 15.9. The van der Waals surface area contributed by atoms with E-state index in [9.17, 15) is 9.59 Å². The van der Waals surface area contributed by atoms with Crippen molar-refractivity contribution in [3.05, 3.63) is 59.2 Å². The van der Waals surface area contributed by atoms with E-state index in [4.69, 9.17) is 15.2 Å². The Bertz CT molecular complexity index is 959. The van der Waals surface area contributed by atoms with Gasteiger partial charge in [-0.15, -0.1) is 5.10 Å². The maximum Gasteiger partial charge on any atom is 0.252 e. The van der Waals surface area contributed by atoms with Gasteiger partial charge in [-0.1, -0.05) is 23.9 Å². The third kappa shape index (κ3) is 4.89. The lowest BCUT2D eigenvalue weighted by Gasteiger charge is -2.12. The van der Waals surface area contributed by atoms with Gasteiger partial charge < -0.3 is 20.5 Å². The van der Waals surface area contributed by atoms with Gasteiger partial charge in [-0.25, -0.2) is 0 Å². The molecule has 1 heterocycles. The van der Waals surface area contributed by atoms with Crippen LogP contribution in [0.3, 0.4) is 0 Å². The van der Waals surface area contributed by atoms with Crippen LogP contribution in [0.15, 0.2) is 52.7 Å². The zero-order valence-electron chi connectivity index (χ0n) is 15.0. The van der Waals surface area contributed by atoms with E-state index in [1.807, 2.05) is 12.1 Å². The van der Waals surface area contributed by atoms with Crippen molar-refractivity contribution in [2.24, 2.45) is 15.9 Å². The highest BCUT2D eigenvalue weighted by molar-refractivity contribution is 8.15. The number of nitrogens with zero attached hydrogens (tertiary/aromatic N) is 2. The van der Waals surface area contributed by atoms with Crippen LogP contribution in [0.25, 0.3) is 0 Å². The number of nitrogens with one attached hydrogen (secondary N) is 1. The normalized spacial score (nSPS) is 15.0. The molecule has 0 aliphatic carbocycles. The summed E-state index contributed by atoms with van der Waals surface area (Å²) < 4.78 is 11.1. The zero-order chi connectivity index (χ0) is 19.9. The molecular formula is C19H18N4O4S. The Balaban J connectivity index is 1.74. The Labute approximate surface area is 165 Å². The highest BCUT2D eigenvalue weighted by Crippen LogP contribution is 2.24. The molecule has 0 spiro atoms. The number of para-hydroxylation sites is 1. The maximum absolute atomic E-state index is 11.5. The van der Waals surface area contributed by atoms with Crippen LogP contribution in [-0.2, 0) is 11.4 Å². The summed E-state index contributed by atoms with van der Waals surface area (Å²) in [6.45, 7) is 0.176. The van der Waals surface area contributed by atoms with Crippen LogP contribution in [-0.4, -0.2) is 36.1 Å². The Morgan fingerprint density at radius 2 is 2.11 bits per heavy atom. The van der Waals surface area contributed by atoms with Gasteiger partial charge in [0.25, 0.3) is 5.91 Å². The molecule has 1 fully saturated rings. The molecule has 0 bridgehead atoms. The molecule has 0 unspecified atom stereocenters. The van der Waals surface area contributed by atoms with Crippen LogP contribution in [0, 0.1) is 0 Å². The van der Waals surface area contributed by atoms with Gasteiger partial charge in [0.1, 0.15) is 18.1 Å². The second-order valence-corrected chi connectivity index (χ2v) is 6.67. The highest BCUT2D eigenvalue weighted by atomic mass is 32.2. The first-order chi connectivity index (χ1) is 13.6. The number of amides is 2. The van der Waals surface area contributed by atoms with E-state index < -0.39 is 5.91 Å². The van der Waals surface area contributed by atoms with Crippen molar-refractivity contribution < 1.29 is 19.1 Å². The van der Waals surface area contributed by atoms with Crippen molar-refractivity contribution in [2.45, 2.75) is 6.61 Å². The molecule has 3 N–H and O–H groups in total. The van der Waals surface area contributed by atoms with Gasteiger partial charge in [0.2, 0.25) is 5.91 Å². The minimum Gasteiger partial charge on any atom is -0.496 e. The number of methoxy groups -OCH3 is 1. The van der Waals surface area contributed by atoms with E-state index in [0.29, 0.717) is 28.0 Å². The molecule has 1 saturated heterocycles. The average Bonchev–Trinajstić information content (AvgIpc) is 3.11. The number of thioether (sulfide) groups is 1. The molecule has 0 atom stereocenters. The van der Waals surface area contributed by atoms with Gasteiger partial charge in [0, 0.05) is 5.56 Å². The summed E-state index contributed by atoms with van der Waals surface area (Å²) in [5, 5.41) is 11.0. The average molecular weight is 398 g/mol. The van der Waals surface area contributed by atoms with Crippen LogP contribution in [0.2, 0.25) is 0 Å². The minimum absolute atomic E-state index is 0.0842. The van der Waals surface area contributed by atoms with Crippen molar-refractivity contribution in [3.63, 3.8) is 0 Å². The molecule has 1 aliphatic heterocycles. The molecule has 2 aromatic carbocycles. The van der Waals surface area contributed by atoms with Crippen LogP contribution >= 0.6 is 11.8 Å². The van der Waals surface area contributed by atoms with Gasteiger partial charge in [-0.05, 0) is 35.9 Å². The third-order valence-electron chi connectivity index (χ3n) is 3.78. The topological polar surface area (TPSA) is 115 Å². The number of amidine groups is 1. The summed E-state index contributed by atoms with van der Waals surface area (Å²) in [5.74, 6) is 0.749. The molecule has 0 aromatic heterocycles. The number of carbonyl (C=O) groups excluding carboxylic acids is 2. The standard InChI is InChI=1S/C19H18N4O4S/c1-26-15-7-6-12(9-21-23-19-22-17(24)11-28-19)8-13(15)10-27-16-5-3-2-4-14(16)18(20)25/h2-9H,10-11H2,1H3,(H2,20,25)(H,22,23,24). The first kappa shape index (κ1) is 19.4. The molecule has 3 rings (SSSR count). The van der Waals surface area contributed by atoms with E-state index in [1.165, 1.54) is 11.8 Å². The summed E-state index contributed by atoms with van der Waals surface area (Å²) in [5.41, 5.74) is 7.23. The van der Waals surface area contributed by atoms with Crippen LogP contribution < -0.4 is 20.5 Å². The smallest absolute Gasteiger partial charge is 0.252 e. The molecule has 2 aromatic rings. The first-order valence-electron chi connectivity index (χ1n) is 8.29. The van der Waals surface area contributed by atoms with Gasteiger partial charge in [-0.2, -0.15) is 5.10 Å². The number of benzene rings is 2. The molecule has 28 heavy (non-hydrogen) atoms. The van der Waals surface area contributed by atoms with Crippen molar-refractivity contribution in [1.82, 2.24) is 5.32 Å². The van der Waals surface area contributed by atoms with E-state index in [2.05, 4.69) is 15.5 Å². The first-order valence-corrected chi connectivity index (χ1v) is 9.27. The van der Waals surface area contributed by atoms with Crippen molar-refractivity contribution in [2.75, 3.05) is 12.9 Å². The Kier molecular flexibility index (Phi) is 6.28. The number of hydrogen-bond acceptors (Lipinski definition) is 7. The molecular weight excluding hydrogens is 380 g/mol. The van der Waals surface area contributed by atoms with Gasteiger partial charge >= 0.3 is 0 Å². The predicted molar refractivity (Wildman–Crippen MR) is 108 cm³/mol. The number of rotatable bonds is 7. The number of hydrogen-bond donors (Lipinski definition) is 2. The fourth-order valence-electron chi connectivity index (χ4n) is 2.47. The fraction of sp³-hybridized carbons (Fsp3) is 0.158. The van der Waals surface area contributed by atoms with E-state index in [1.54, 1.807) is 43.7 Å². The summed E-state index contributed by atoms with van der Waals surface area (Å²) in [7, 11) is 1.57. The van der Waals surface area contributed by atoms with Crippen molar-refractivity contribution in [3.8, 4) is 11.5 Å². The lowest BCUT2D eigenvalue weighted by Crippen LogP contribution is -2.19. The fourth-order valence-corrected chi connectivity index (χ4v) is 3.10. The second-order valence-electron chi connectivity index (χ2n) is 5.71. The van der Waals surface area contributed by atoms with Gasteiger partial charge in [0.15, 0.2) is 5.17 Å². The van der Waals surface area contributed by atoms with Crippen LogP contribution in [0.5, 0.6) is 11.5 Å². The summed E-state index contributed by atoms with van der Waals surface area (Å²) in [6.07, 6.45) is 1.57. The highest BCUT2D eigenvalue weighted by Gasteiger charge is 2.16. The largest absolute Gasteiger partial charge is 0.496 e. The number of ether oxygens (including phenoxy) is 2. The molecule has 8 nitrogen and oxygen atoms in total. The Hall–Kier alpha value is -3.33. The molecule has 9 heteroatoms. The van der Waals surface area contributed by atoms with Crippen molar-refractivity contribution >= 4 is 35.0 Å². The monoisotopic (exact) mass is 398 g/mol. The Morgan fingerprint density at radius 3 is 2.82 bits per heavy atom. The quantitative estimate of drug-likeness (QED) is 0.546. The molecule has 2 amide bonds. The summed E-state index contributed by atoms with van der Waals surface area (Å²) in [4.78, 5) is 22.7.